The summed E-state index contributed by atoms with van der Waals surface area (Å²) in [5.74, 6) is 0. The molecule has 0 unspecified atom stereocenters. The molecule has 0 saturated carbocycles. The minimum absolute atomic E-state index is 0. The molecule has 1 aliphatic rings. The first-order valence-electron chi connectivity index (χ1n) is 40.4. The number of nitrogens with zero attached hydrogens (tertiary/aromatic N) is 2. The Morgan fingerprint density at radius 1 is 0.264 bits per heavy atom. The van der Waals surface area contributed by atoms with Crippen LogP contribution in [0.1, 0.15) is 447 Å². The Bertz CT molecular complexity index is 2060. The molecule has 2 aromatic carbocycles. The Kier molecular flexibility index (Phi) is 58.2. The van der Waals surface area contributed by atoms with Crippen LogP contribution in [-0.2, 0) is 16.5 Å². The molecule has 0 N–H and O–H groups in total. The van der Waals surface area contributed by atoms with Gasteiger partial charge < -0.3 is 5.53 Å². The van der Waals surface area contributed by atoms with Crippen LogP contribution < -0.4 is 0 Å². The Morgan fingerprint density at radius 2 is 0.473 bits per heavy atom. The van der Waals surface area contributed by atoms with E-state index in [1.54, 1.807) is 4.70 Å². The fourth-order valence-electron chi connectivity index (χ4n) is 13.6. The maximum absolute atomic E-state index is 12.7. The van der Waals surface area contributed by atoms with E-state index in [2.05, 4.69) is 126 Å². The summed E-state index contributed by atoms with van der Waals surface area (Å²) in [6.45, 7) is 11.5. The van der Waals surface area contributed by atoms with Crippen molar-refractivity contribution in [3.05, 3.63) is 111 Å². The van der Waals surface area contributed by atoms with E-state index in [0.717, 1.165) is 67.5 Å². The summed E-state index contributed by atoms with van der Waals surface area (Å²) in [5.41, 5.74) is 22.9. The van der Waals surface area contributed by atoms with Gasteiger partial charge in [-0.15, -0.1) is 0 Å². The second kappa shape index (κ2) is 63.1. The maximum Gasteiger partial charge on any atom is 0.210 e. The molecule has 0 aromatic heterocycles. The molecule has 1 heterocycles. The van der Waals surface area contributed by atoms with Crippen molar-refractivity contribution in [2.24, 2.45) is 0 Å². The quantitative estimate of drug-likeness (QED) is 0.0358. The van der Waals surface area contributed by atoms with Gasteiger partial charge in [0.1, 0.15) is 0 Å². The van der Waals surface area contributed by atoms with E-state index in [4.69, 9.17) is 0 Å². The van der Waals surface area contributed by atoms with Crippen molar-refractivity contribution in [1.82, 2.24) is 0 Å². The zero-order valence-electron chi connectivity index (χ0n) is 61.1. The van der Waals surface area contributed by atoms with Crippen molar-refractivity contribution in [2.75, 3.05) is 0 Å². The van der Waals surface area contributed by atoms with Gasteiger partial charge in [-0.25, -0.2) is 4.70 Å². The molecule has 0 saturated heterocycles. The standard InChI is InChI=1S/C88H148N2.Ni/c1-6-11-16-20-24-28-32-36-40-44-48-52-56-60-64-68-80-73-81(69-65-61-57-53-49-45-41-37-33-29-25-21-17-12-7-2)76-85(75-80)87-79-84(72-15-10-5)88(90(87)89)86-77-82(70-66-62-58-54-50-46-42-38-34-30-26-22-18-13-8-3)74-83(78-86)71-67-63-59-55-51-47-43-39-35-31-27-23-19-14-9-4;/h64-71,73-79H,6-63,72H2,1-5H3;. The van der Waals surface area contributed by atoms with Gasteiger partial charge in [0.25, 0.3) is 0 Å². The van der Waals surface area contributed by atoms with Crippen molar-refractivity contribution in [1.29, 1.82) is 0 Å². The normalized spacial score (nSPS) is 12.8. The first-order valence-corrected chi connectivity index (χ1v) is 40.4. The largest absolute Gasteiger partial charge is 0.493 e. The first-order chi connectivity index (χ1) is 44.5. The second-order valence-electron chi connectivity index (χ2n) is 28.3. The third-order valence-electron chi connectivity index (χ3n) is 19.5. The number of unbranched alkanes of at least 4 members (excludes halogenated alkanes) is 53. The van der Waals surface area contributed by atoms with E-state index < -0.39 is 0 Å². The Balaban J connectivity index is 0.0000282. The summed E-state index contributed by atoms with van der Waals surface area (Å²) in [5, 5.41) is 0. The zero-order chi connectivity index (χ0) is 64.1. The molecule has 520 valence electrons. The predicted octanol–water partition coefficient (Wildman–Crippen LogP) is 31.7. The summed E-state index contributed by atoms with van der Waals surface area (Å²) in [6, 6.07) is 14.1. The zero-order valence-corrected chi connectivity index (χ0v) is 62.1. The van der Waals surface area contributed by atoms with E-state index in [-0.39, 0.29) is 16.5 Å². The van der Waals surface area contributed by atoms with Crippen molar-refractivity contribution >= 4 is 35.7 Å². The van der Waals surface area contributed by atoms with Crippen LogP contribution in [0.4, 0.5) is 0 Å². The minimum atomic E-state index is 0. The number of hydrogen-bond acceptors (Lipinski definition) is 0. The van der Waals surface area contributed by atoms with Gasteiger partial charge >= 0.3 is 0 Å². The van der Waals surface area contributed by atoms with E-state index in [9.17, 15) is 5.53 Å². The van der Waals surface area contributed by atoms with E-state index >= 15 is 0 Å². The third-order valence-corrected chi connectivity index (χ3v) is 19.5. The van der Waals surface area contributed by atoms with Crippen LogP contribution in [0.3, 0.4) is 0 Å². The van der Waals surface area contributed by atoms with Crippen molar-refractivity contribution in [3.63, 3.8) is 0 Å². The topological polar surface area (TPSA) is 25.3 Å². The van der Waals surface area contributed by atoms with Gasteiger partial charge in [0.05, 0.1) is 0 Å². The van der Waals surface area contributed by atoms with Crippen LogP contribution in [0.5, 0.6) is 0 Å². The fraction of sp³-hybridized carbons (Fsp3) is 0.727. The number of hydrogen-bond donors (Lipinski definition) is 0. The molecule has 1 aliphatic heterocycles. The van der Waals surface area contributed by atoms with Crippen LogP contribution in [0.2, 0.25) is 0 Å². The van der Waals surface area contributed by atoms with Gasteiger partial charge in [-0.2, -0.15) is 0 Å². The Hall–Kier alpha value is -3.03. The van der Waals surface area contributed by atoms with Crippen molar-refractivity contribution in [2.45, 2.75) is 413 Å². The van der Waals surface area contributed by atoms with Crippen LogP contribution in [0.15, 0.2) is 72.4 Å². The number of rotatable bonds is 65. The molecular formula is C88H148N2Ni. The molecule has 2 aromatic rings. The van der Waals surface area contributed by atoms with Gasteiger partial charge in [-0.05, 0) is 123 Å². The molecule has 0 amide bonds. The summed E-state index contributed by atoms with van der Waals surface area (Å²) >= 11 is 0. The van der Waals surface area contributed by atoms with Gasteiger partial charge in [0.15, 0.2) is 0 Å². The average Bonchev–Trinajstić information content (AvgIpc) is 1.72. The Labute approximate surface area is 578 Å². The molecule has 0 spiro atoms. The Morgan fingerprint density at radius 3 is 0.703 bits per heavy atom. The van der Waals surface area contributed by atoms with Crippen LogP contribution in [0, 0.1) is 0 Å². The molecule has 0 bridgehead atoms. The summed E-state index contributed by atoms with van der Waals surface area (Å²) < 4.78 is 1.57. The first kappa shape index (κ1) is 84.1. The summed E-state index contributed by atoms with van der Waals surface area (Å²) in [4.78, 5) is 0. The predicted molar refractivity (Wildman–Crippen MR) is 408 cm³/mol. The maximum atomic E-state index is 12.7. The molecule has 0 aliphatic carbocycles. The van der Waals surface area contributed by atoms with Crippen LogP contribution >= 0.6 is 0 Å². The van der Waals surface area contributed by atoms with Crippen LogP contribution in [-0.4, -0.2) is 4.70 Å². The summed E-state index contributed by atoms with van der Waals surface area (Å²) in [7, 11) is 0. The van der Waals surface area contributed by atoms with Gasteiger partial charge in [-0.1, -0.05) is 398 Å². The molecule has 3 heteroatoms. The molecule has 0 fully saturated rings. The van der Waals surface area contributed by atoms with Gasteiger partial charge in [0.2, 0.25) is 11.4 Å². The van der Waals surface area contributed by atoms with Crippen molar-refractivity contribution in [3.8, 4) is 0 Å². The van der Waals surface area contributed by atoms with E-state index in [1.807, 2.05) is 0 Å². The van der Waals surface area contributed by atoms with Crippen molar-refractivity contribution < 1.29 is 21.2 Å². The SMILES string of the molecule is CCCCCCCCCCCCCCCC=Cc1cc(C=CCCCCCCCCCCCCCCC)cc(C2=CC(CCCC)=C(c3cc(C=CCCCCCCCCCCCCCCC)cc(C=CCCCCCCCCCCCCCCC)c3)[N+]2=[N-])c1.[Ni]. The van der Waals surface area contributed by atoms with Crippen LogP contribution in [0.25, 0.3) is 41.2 Å². The molecule has 2 nitrogen and oxygen atoms in total. The molecule has 0 atom stereocenters. The molecular weight excluding hydrogens is 1140 g/mol. The second-order valence-corrected chi connectivity index (χ2v) is 28.3. The van der Waals surface area contributed by atoms with E-state index in [0.29, 0.717) is 0 Å². The molecule has 3 rings (SSSR count). The fourth-order valence-corrected chi connectivity index (χ4v) is 13.6. The van der Waals surface area contributed by atoms with Gasteiger partial charge in [0, 0.05) is 39.3 Å². The monoisotopic (exact) mass is 1290 g/mol. The molecule has 91 heavy (non-hydrogen) atoms. The minimum Gasteiger partial charge on any atom is -0.493 e. The summed E-state index contributed by atoms with van der Waals surface area (Å²) in [6.07, 6.45) is 101. The molecule has 0 radical (unpaired) electrons. The number of allylic oxidation sites excluding steroid dienone is 6. The third kappa shape index (κ3) is 45.9. The smallest absolute Gasteiger partial charge is 0.210 e. The van der Waals surface area contributed by atoms with E-state index in [1.165, 1.54) is 362 Å². The average molecular weight is 1290 g/mol. The number of benzene rings is 2. The van der Waals surface area contributed by atoms with Gasteiger partial charge in [-0.3, -0.25) is 0 Å².